The number of rotatable bonds is 7. The second-order valence-corrected chi connectivity index (χ2v) is 12.0. The van der Waals surface area contributed by atoms with Crippen molar-refractivity contribution in [3.63, 3.8) is 0 Å². The molecule has 0 aromatic heterocycles. The Kier molecular flexibility index (Phi) is 5.80. The monoisotopic (exact) mass is 452 g/mol. The van der Waals surface area contributed by atoms with Crippen LogP contribution in [-0.4, -0.2) is 49.7 Å². The molecular formula is C28H40N2O3. The van der Waals surface area contributed by atoms with Crippen LogP contribution in [0.1, 0.15) is 76.2 Å². The SMILES string of the molecule is CC(c1ccc2c(c1)OCCO2)[C@H](CN1CCCC1)NC(=O)CC12CC3CC(CC(C3)C1)C2. The van der Waals surface area contributed by atoms with Crippen molar-refractivity contribution in [2.75, 3.05) is 32.8 Å². The highest BCUT2D eigenvalue weighted by atomic mass is 16.6. The van der Waals surface area contributed by atoms with E-state index >= 15 is 0 Å². The van der Waals surface area contributed by atoms with Gasteiger partial charge in [-0.15, -0.1) is 0 Å². The van der Waals surface area contributed by atoms with Gasteiger partial charge in [-0.25, -0.2) is 0 Å². The summed E-state index contributed by atoms with van der Waals surface area (Å²) in [6.45, 7) is 6.70. The Morgan fingerprint density at radius 1 is 1.03 bits per heavy atom. The Morgan fingerprint density at radius 3 is 2.33 bits per heavy atom. The molecule has 7 rings (SSSR count). The van der Waals surface area contributed by atoms with E-state index in [2.05, 4.69) is 29.3 Å². The van der Waals surface area contributed by atoms with E-state index in [0.717, 1.165) is 55.3 Å². The van der Waals surface area contributed by atoms with Gasteiger partial charge in [0, 0.05) is 24.9 Å². The van der Waals surface area contributed by atoms with Crippen LogP contribution in [0.5, 0.6) is 11.5 Å². The number of hydrogen-bond donors (Lipinski definition) is 1. The average molecular weight is 453 g/mol. The zero-order valence-electron chi connectivity index (χ0n) is 20.2. The molecule has 4 aliphatic carbocycles. The van der Waals surface area contributed by atoms with Gasteiger partial charge in [0.1, 0.15) is 13.2 Å². The molecule has 2 atom stereocenters. The van der Waals surface area contributed by atoms with Crippen LogP contribution in [0, 0.1) is 23.2 Å². The summed E-state index contributed by atoms with van der Waals surface area (Å²) in [7, 11) is 0. The summed E-state index contributed by atoms with van der Waals surface area (Å²) in [4.78, 5) is 16.0. The molecule has 5 nitrogen and oxygen atoms in total. The number of carbonyl (C=O) groups is 1. The van der Waals surface area contributed by atoms with E-state index in [1.54, 1.807) is 0 Å². The van der Waals surface area contributed by atoms with Gasteiger partial charge in [0.05, 0.1) is 0 Å². The maximum absolute atomic E-state index is 13.5. The lowest BCUT2D eigenvalue weighted by Gasteiger charge is -2.56. The van der Waals surface area contributed by atoms with Gasteiger partial charge >= 0.3 is 0 Å². The first kappa shape index (κ1) is 21.8. The van der Waals surface area contributed by atoms with E-state index in [1.807, 2.05) is 6.07 Å². The summed E-state index contributed by atoms with van der Waals surface area (Å²) in [5.74, 6) is 4.85. The third kappa shape index (κ3) is 4.50. The fourth-order valence-electron chi connectivity index (χ4n) is 8.25. The Morgan fingerprint density at radius 2 is 1.67 bits per heavy atom. The quantitative estimate of drug-likeness (QED) is 0.649. The minimum absolute atomic E-state index is 0.118. The number of ether oxygens (including phenoxy) is 2. The summed E-state index contributed by atoms with van der Waals surface area (Å²) < 4.78 is 11.6. The van der Waals surface area contributed by atoms with Gasteiger partial charge in [-0.3, -0.25) is 4.79 Å². The minimum atomic E-state index is 0.118. The predicted molar refractivity (Wildman–Crippen MR) is 129 cm³/mol. The topological polar surface area (TPSA) is 50.8 Å². The third-order valence-corrected chi connectivity index (χ3v) is 9.40. The average Bonchev–Trinajstić information content (AvgIpc) is 3.29. The van der Waals surface area contributed by atoms with Gasteiger partial charge < -0.3 is 19.7 Å². The number of nitrogens with one attached hydrogen (secondary N) is 1. The summed E-state index contributed by atoms with van der Waals surface area (Å²) in [5, 5.41) is 3.54. The maximum Gasteiger partial charge on any atom is 0.220 e. The number of carbonyl (C=O) groups excluding carboxylic acids is 1. The third-order valence-electron chi connectivity index (χ3n) is 9.40. The van der Waals surface area contributed by atoms with Crippen molar-refractivity contribution < 1.29 is 14.3 Å². The second-order valence-electron chi connectivity index (χ2n) is 12.0. The number of nitrogens with zero attached hydrogens (tertiary/aromatic N) is 1. The molecule has 4 bridgehead atoms. The molecule has 4 saturated carbocycles. The largest absolute Gasteiger partial charge is 0.486 e. The molecule has 0 spiro atoms. The number of amides is 1. The fourth-order valence-corrected chi connectivity index (χ4v) is 8.25. The highest BCUT2D eigenvalue weighted by Crippen LogP contribution is 2.61. The van der Waals surface area contributed by atoms with Crippen molar-refractivity contribution in [3.05, 3.63) is 23.8 Å². The second kappa shape index (κ2) is 8.79. The van der Waals surface area contributed by atoms with Crippen molar-refractivity contribution in [1.82, 2.24) is 10.2 Å². The van der Waals surface area contributed by atoms with E-state index < -0.39 is 0 Å². The summed E-state index contributed by atoms with van der Waals surface area (Å²) >= 11 is 0. The molecule has 2 aliphatic heterocycles. The van der Waals surface area contributed by atoms with Gasteiger partial charge in [-0.05, 0) is 105 Å². The number of hydrogen-bond acceptors (Lipinski definition) is 4. The van der Waals surface area contributed by atoms with Gasteiger partial charge in [-0.1, -0.05) is 13.0 Å². The van der Waals surface area contributed by atoms with E-state index in [1.165, 1.54) is 56.9 Å². The lowest BCUT2D eigenvalue weighted by molar-refractivity contribution is -0.130. The predicted octanol–water partition coefficient (Wildman–Crippen LogP) is 4.75. The molecule has 1 saturated heterocycles. The fraction of sp³-hybridized carbons (Fsp3) is 0.750. The Bertz CT molecular complexity index is 843. The lowest BCUT2D eigenvalue weighted by atomic mass is 9.49. The number of likely N-dealkylation sites (tertiary alicyclic amines) is 1. The molecule has 5 fully saturated rings. The number of fused-ring (bicyclic) bond motifs is 1. The molecule has 2 heterocycles. The Labute approximate surface area is 198 Å². The van der Waals surface area contributed by atoms with Crippen LogP contribution in [0.2, 0.25) is 0 Å². The smallest absolute Gasteiger partial charge is 0.220 e. The molecule has 180 valence electrons. The molecule has 1 aromatic carbocycles. The molecular weight excluding hydrogens is 412 g/mol. The van der Waals surface area contributed by atoms with Crippen LogP contribution in [-0.2, 0) is 4.79 Å². The molecule has 1 amide bonds. The van der Waals surface area contributed by atoms with E-state index in [4.69, 9.17) is 9.47 Å². The van der Waals surface area contributed by atoms with Crippen LogP contribution in [0.3, 0.4) is 0 Å². The van der Waals surface area contributed by atoms with Crippen LogP contribution in [0.15, 0.2) is 18.2 Å². The summed E-state index contributed by atoms with van der Waals surface area (Å²) in [5.41, 5.74) is 1.51. The molecule has 0 radical (unpaired) electrons. The molecule has 1 unspecified atom stereocenters. The number of benzene rings is 1. The maximum atomic E-state index is 13.5. The Balaban J connectivity index is 1.17. The molecule has 1 N–H and O–H groups in total. The molecule has 5 heteroatoms. The van der Waals surface area contributed by atoms with E-state index in [0.29, 0.717) is 13.2 Å². The van der Waals surface area contributed by atoms with E-state index in [9.17, 15) is 4.79 Å². The Hall–Kier alpha value is -1.75. The summed E-state index contributed by atoms with van der Waals surface area (Å²) in [6, 6.07) is 6.43. The molecule has 33 heavy (non-hydrogen) atoms. The standard InChI is InChI=1S/C28H40N2O3/c1-19(23-4-5-25-26(13-23)33-9-8-32-25)24(18-30-6-2-3-7-30)29-27(31)17-28-14-20-10-21(15-28)12-22(11-20)16-28/h4-5,13,19-22,24H,2-3,6-12,14-18H2,1H3,(H,29,31)/t19?,20?,21?,22?,24-,28?/m0/s1. The van der Waals surface area contributed by atoms with Crippen LogP contribution < -0.4 is 14.8 Å². The van der Waals surface area contributed by atoms with Crippen molar-refractivity contribution in [1.29, 1.82) is 0 Å². The highest BCUT2D eigenvalue weighted by molar-refractivity contribution is 5.77. The van der Waals surface area contributed by atoms with Crippen molar-refractivity contribution in [2.24, 2.45) is 23.2 Å². The van der Waals surface area contributed by atoms with Crippen molar-refractivity contribution >= 4 is 5.91 Å². The first-order valence-corrected chi connectivity index (χ1v) is 13.5. The van der Waals surface area contributed by atoms with Crippen molar-refractivity contribution in [2.45, 2.75) is 76.7 Å². The van der Waals surface area contributed by atoms with E-state index in [-0.39, 0.29) is 23.3 Å². The van der Waals surface area contributed by atoms with Gasteiger partial charge in [0.25, 0.3) is 0 Å². The lowest BCUT2D eigenvalue weighted by Crippen LogP contribution is -2.50. The van der Waals surface area contributed by atoms with Crippen molar-refractivity contribution in [3.8, 4) is 11.5 Å². The zero-order chi connectivity index (χ0) is 22.4. The molecule has 1 aromatic rings. The minimum Gasteiger partial charge on any atom is -0.486 e. The van der Waals surface area contributed by atoms with Gasteiger partial charge in [-0.2, -0.15) is 0 Å². The van der Waals surface area contributed by atoms with Gasteiger partial charge in [0.15, 0.2) is 11.5 Å². The highest BCUT2D eigenvalue weighted by Gasteiger charge is 2.51. The van der Waals surface area contributed by atoms with Crippen LogP contribution in [0.4, 0.5) is 0 Å². The first-order chi connectivity index (χ1) is 16.1. The molecule has 6 aliphatic rings. The van der Waals surface area contributed by atoms with Gasteiger partial charge in [0.2, 0.25) is 5.91 Å². The first-order valence-electron chi connectivity index (χ1n) is 13.5. The zero-order valence-corrected chi connectivity index (χ0v) is 20.2. The summed E-state index contributed by atoms with van der Waals surface area (Å²) in [6.07, 6.45) is 11.4. The van der Waals surface area contributed by atoms with Crippen LogP contribution >= 0.6 is 0 Å². The van der Waals surface area contributed by atoms with Crippen LogP contribution in [0.25, 0.3) is 0 Å². The normalized spacial score (nSPS) is 34.3.